The average Bonchev–Trinajstić information content (AvgIpc) is 2.63. The van der Waals surface area contributed by atoms with E-state index in [1.165, 1.54) is 12.1 Å². The van der Waals surface area contributed by atoms with Crippen molar-refractivity contribution in [1.29, 1.82) is 0 Å². The van der Waals surface area contributed by atoms with Crippen LogP contribution in [0.25, 0.3) is 0 Å². The molecule has 2 aliphatic rings. The number of anilines is 2. The number of ether oxygens (including phenoxy) is 1. The van der Waals surface area contributed by atoms with E-state index in [-0.39, 0.29) is 11.9 Å². The predicted octanol–water partition coefficient (Wildman–Crippen LogP) is 2.82. The summed E-state index contributed by atoms with van der Waals surface area (Å²) in [6.45, 7) is 5.69. The quantitative estimate of drug-likeness (QED) is 0.938. The van der Waals surface area contributed by atoms with Crippen molar-refractivity contribution in [3.05, 3.63) is 54.3 Å². The Morgan fingerprint density at radius 3 is 2.54 bits per heavy atom. The lowest BCUT2D eigenvalue weighted by Gasteiger charge is -2.38. The van der Waals surface area contributed by atoms with Crippen LogP contribution in [-0.4, -0.2) is 50.3 Å². The lowest BCUT2D eigenvalue weighted by atomic mass is 10.2. The van der Waals surface area contributed by atoms with Crippen molar-refractivity contribution >= 4 is 11.4 Å². The molecule has 4 nitrogen and oxygen atoms in total. The van der Waals surface area contributed by atoms with Crippen molar-refractivity contribution in [2.75, 3.05) is 49.5 Å². The molecule has 0 bridgehead atoms. The third kappa shape index (κ3) is 3.31. The second-order valence-corrected chi connectivity index (χ2v) is 6.38. The van der Waals surface area contributed by atoms with Crippen molar-refractivity contribution in [3.63, 3.8) is 0 Å². The smallest absolute Gasteiger partial charge is 0.142 e. The van der Waals surface area contributed by atoms with Crippen molar-refractivity contribution in [2.45, 2.75) is 6.10 Å². The maximum Gasteiger partial charge on any atom is 0.142 e. The highest BCUT2D eigenvalue weighted by molar-refractivity contribution is 5.57. The number of fused-ring (bicyclic) bond motifs is 1. The highest BCUT2D eigenvalue weighted by Crippen LogP contribution is 2.28. The first-order valence-corrected chi connectivity index (χ1v) is 8.50. The van der Waals surface area contributed by atoms with Gasteiger partial charge in [0.05, 0.1) is 12.2 Å². The van der Waals surface area contributed by atoms with Crippen LogP contribution in [0.5, 0.6) is 5.75 Å². The molecule has 0 amide bonds. The van der Waals surface area contributed by atoms with Gasteiger partial charge in [-0.15, -0.1) is 0 Å². The summed E-state index contributed by atoms with van der Waals surface area (Å²) in [5, 5.41) is 3.44. The molecule has 0 saturated carbocycles. The van der Waals surface area contributed by atoms with Gasteiger partial charge in [-0.25, -0.2) is 4.39 Å². The Labute approximate surface area is 141 Å². The molecule has 0 aliphatic carbocycles. The van der Waals surface area contributed by atoms with Crippen LogP contribution in [0.2, 0.25) is 0 Å². The Balaban J connectivity index is 1.30. The van der Waals surface area contributed by atoms with E-state index in [2.05, 4.69) is 15.1 Å². The Morgan fingerprint density at radius 1 is 1.00 bits per heavy atom. The molecule has 2 aromatic carbocycles. The van der Waals surface area contributed by atoms with Crippen LogP contribution in [-0.2, 0) is 0 Å². The molecule has 24 heavy (non-hydrogen) atoms. The summed E-state index contributed by atoms with van der Waals surface area (Å²) in [4.78, 5) is 4.76. The van der Waals surface area contributed by atoms with Gasteiger partial charge in [-0.2, -0.15) is 0 Å². The topological polar surface area (TPSA) is 27.7 Å². The van der Waals surface area contributed by atoms with E-state index >= 15 is 0 Å². The minimum Gasteiger partial charge on any atom is -0.485 e. The molecule has 2 aliphatic heterocycles. The maximum atomic E-state index is 13.0. The highest BCUT2D eigenvalue weighted by Gasteiger charge is 2.24. The molecule has 1 fully saturated rings. The van der Waals surface area contributed by atoms with E-state index in [1.54, 1.807) is 0 Å². The van der Waals surface area contributed by atoms with Crippen LogP contribution in [0.15, 0.2) is 48.5 Å². The van der Waals surface area contributed by atoms with Gasteiger partial charge in [0.2, 0.25) is 0 Å². The number of hydrogen-bond acceptors (Lipinski definition) is 4. The van der Waals surface area contributed by atoms with Gasteiger partial charge in [0, 0.05) is 38.4 Å². The van der Waals surface area contributed by atoms with Crippen molar-refractivity contribution in [2.24, 2.45) is 0 Å². The second kappa shape index (κ2) is 6.69. The van der Waals surface area contributed by atoms with Crippen molar-refractivity contribution in [1.82, 2.24) is 4.90 Å². The Morgan fingerprint density at radius 2 is 1.75 bits per heavy atom. The summed E-state index contributed by atoms with van der Waals surface area (Å²) in [5.41, 5.74) is 2.18. The molecule has 1 atom stereocenters. The summed E-state index contributed by atoms with van der Waals surface area (Å²) >= 11 is 0. The molecule has 0 aromatic heterocycles. The fraction of sp³-hybridized carbons (Fsp3) is 0.368. The Bertz CT molecular complexity index is 683. The number of para-hydroxylation sites is 2. The lowest BCUT2D eigenvalue weighted by molar-refractivity contribution is 0.131. The van der Waals surface area contributed by atoms with Crippen LogP contribution < -0.4 is 15.0 Å². The first kappa shape index (κ1) is 15.3. The van der Waals surface area contributed by atoms with Gasteiger partial charge in [0.1, 0.15) is 17.7 Å². The van der Waals surface area contributed by atoms with E-state index in [1.807, 2.05) is 36.4 Å². The third-order valence-corrected chi connectivity index (χ3v) is 4.73. The molecular formula is C19H22FN3O. The van der Waals surface area contributed by atoms with Crippen LogP contribution in [0.4, 0.5) is 15.8 Å². The summed E-state index contributed by atoms with van der Waals surface area (Å²) in [6.07, 6.45) is 0.178. The number of nitrogens with one attached hydrogen (secondary N) is 1. The molecule has 0 radical (unpaired) electrons. The molecule has 0 spiro atoms. The van der Waals surface area contributed by atoms with E-state index in [0.29, 0.717) is 0 Å². The number of piperazine rings is 1. The van der Waals surface area contributed by atoms with Crippen molar-refractivity contribution < 1.29 is 9.13 Å². The van der Waals surface area contributed by atoms with Crippen molar-refractivity contribution in [3.8, 4) is 5.75 Å². The molecular weight excluding hydrogens is 305 g/mol. The van der Waals surface area contributed by atoms with E-state index in [0.717, 1.165) is 56.4 Å². The third-order valence-electron chi connectivity index (χ3n) is 4.73. The number of nitrogens with zero attached hydrogens (tertiary/aromatic N) is 2. The predicted molar refractivity (Wildman–Crippen MR) is 94.4 cm³/mol. The molecule has 1 N–H and O–H groups in total. The fourth-order valence-corrected chi connectivity index (χ4v) is 3.39. The monoisotopic (exact) mass is 327 g/mol. The molecule has 4 rings (SSSR count). The zero-order valence-corrected chi connectivity index (χ0v) is 13.6. The molecule has 2 aromatic rings. The fourth-order valence-electron chi connectivity index (χ4n) is 3.39. The summed E-state index contributed by atoms with van der Waals surface area (Å²) in [5.74, 6) is 0.762. The zero-order valence-electron chi connectivity index (χ0n) is 13.6. The number of rotatable bonds is 3. The molecule has 5 heteroatoms. The van der Waals surface area contributed by atoms with Crippen LogP contribution in [0.3, 0.4) is 0 Å². The van der Waals surface area contributed by atoms with Gasteiger partial charge in [-0.1, -0.05) is 12.1 Å². The van der Waals surface area contributed by atoms with Gasteiger partial charge in [0.25, 0.3) is 0 Å². The molecule has 1 saturated heterocycles. The van der Waals surface area contributed by atoms with Gasteiger partial charge >= 0.3 is 0 Å². The number of hydrogen-bond donors (Lipinski definition) is 1. The summed E-state index contributed by atoms with van der Waals surface area (Å²) in [7, 11) is 0. The molecule has 1 unspecified atom stereocenters. The van der Waals surface area contributed by atoms with E-state index in [4.69, 9.17) is 4.74 Å². The maximum absolute atomic E-state index is 13.0. The van der Waals surface area contributed by atoms with Gasteiger partial charge in [-0.3, -0.25) is 4.90 Å². The summed E-state index contributed by atoms with van der Waals surface area (Å²) in [6, 6.07) is 14.9. The van der Waals surface area contributed by atoms with E-state index in [9.17, 15) is 4.39 Å². The second-order valence-electron chi connectivity index (χ2n) is 6.38. The summed E-state index contributed by atoms with van der Waals surface area (Å²) < 4.78 is 19.1. The van der Waals surface area contributed by atoms with Gasteiger partial charge in [-0.05, 0) is 36.4 Å². The van der Waals surface area contributed by atoms with Crippen LogP contribution >= 0.6 is 0 Å². The first-order valence-electron chi connectivity index (χ1n) is 8.50. The van der Waals surface area contributed by atoms with Gasteiger partial charge in [0.15, 0.2) is 0 Å². The highest BCUT2D eigenvalue weighted by atomic mass is 19.1. The Hall–Kier alpha value is -2.27. The standard InChI is InChI=1S/C19H22FN3O/c20-15-5-7-16(8-6-15)23-11-9-22(10-12-23)14-17-13-21-18-3-1-2-4-19(18)24-17/h1-8,17,21H,9-14H2. The molecule has 2 heterocycles. The molecule has 126 valence electrons. The normalized spacial score (nSPS) is 20.9. The van der Waals surface area contributed by atoms with Crippen LogP contribution in [0.1, 0.15) is 0 Å². The number of benzene rings is 2. The Kier molecular flexibility index (Phi) is 4.26. The van der Waals surface area contributed by atoms with E-state index < -0.39 is 0 Å². The van der Waals surface area contributed by atoms with Gasteiger partial charge < -0.3 is 15.0 Å². The average molecular weight is 327 g/mol. The number of halogens is 1. The largest absolute Gasteiger partial charge is 0.485 e. The minimum absolute atomic E-state index is 0.178. The van der Waals surface area contributed by atoms with Crippen LogP contribution in [0, 0.1) is 5.82 Å². The lowest BCUT2D eigenvalue weighted by Crippen LogP contribution is -2.51. The first-order chi connectivity index (χ1) is 11.8. The SMILES string of the molecule is Fc1ccc(N2CCN(CC3CNc4ccccc4O3)CC2)cc1. The minimum atomic E-state index is -0.181. The zero-order chi connectivity index (χ0) is 16.4.